The summed E-state index contributed by atoms with van der Waals surface area (Å²) in [6.45, 7) is 0. The van der Waals surface area contributed by atoms with Gasteiger partial charge in [0.2, 0.25) is 5.75 Å². The largest absolute Gasteiger partial charge is 0.502 e. The SMILES string of the molecule is O=[N+]([O-])c1ccc(N/N=C/c2cccc([N+](=O)[O-])c2O)c([N+](=O)[O-])c1. The van der Waals surface area contributed by atoms with Crippen LogP contribution in [0.25, 0.3) is 0 Å². The fourth-order valence-electron chi connectivity index (χ4n) is 1.85. The van der Waals surface area contributed by atoms with Crippen molar-refractivity contribution < 1.29 is 19.9 Å². The molecule has 2 N–H and O–H groups in total. The number of non-ortho nitro benzene ring substituents is 1. The molecule has 0 fully saturated rings. The first-order chi connectivity index (χ1) is 11.8. The van der Waals surface area contributed by atoms with E-state index < -0.39 is 37.6 Å². The third kappa shape index (κ3) is 3.82. The molecule has 2 rings (SSSR count). The first kappa shape index (κ1) is 17.3. The molecule has 0 aliphatic carbocycles. The molecule has 0 saturated carbocycles. The molecule has 2 aromatic carbocycles. The van der Waals surface area contributed by atoms with Crippen LogP contribution in [0.2, 0.25) is 0 Å². The van der Waals surface area contributed by atoms with E-state index in [1.807, 2.05) is 0 Å². The number of hydrazone groups is 1. The number of para-hydroxylation sites is 1. The second kappa shape index (κ2) is 6.99. The Morgan fingerprint density at radius 3 is 2.24 bits per heavy atom. The van der Waals surface area contributed by atoms with Gasteiger partial charge in [-0.1, -0.05) is 6.07 Å². The van der Waals surface area contributed by atoms with Crippen molar-refractivity contribution in [3.8, 4) is 5.75 Å². The Hall–Kier alpha value is -4.09. The molecule has 0 aliphatic heterocycles. The maximum atomic E-state index is 11.0. The summed E-state index contributed by atoms with van der Waals surface area (Å²) in [4.78, 5) is 30.0. The number of hydrogen-bond acceptors (Lipinski definition) is 9. The summed E-state index contributed by atoms with van der Waals surface area (Å²) in [7, 11) is 0. The summed E-state index contributed by atoms with van der Waals surface area (Å²) in [6, 6.07) is 6.69. The van der Waals surface area contributed by atoms with Crippen LogP contribution in [0, 0.1) is 30.3 Å². The number of phenolic OH excluding ortho intramolecular Hbond substituents is 1. The number of phenols is 1. The number of nitro benzene ring substituents is 3. The third-order valence-electron chi connectivity index (χ3n) is 3.02. The highest BCUT2D eigenvalue weighted by Gasteiger charge is 2.19. The van der Waals surface area contributed by atoms with Crippen LogP contribution in [0.5, 0.6) is 5.75 Å². The summed E-state index contributed by atoms with van der Waals surface area (Å²) < 4.78 is 0. The highest BCUT2D eigenvalue weighted by molar-refractivity contribution is 5.86. The lowest BCUT2D eigenvalue weighted by Gasteiger charge is -2.02. The minimum atomic E-state index is -0.824. The van der Waals surface area contributed by atoms with Gasteiger partial charge in [0.1, 0.15) is 5.69 Å². The van der Waals surface area contributed by atoms with E-state index in [0.29, 0.717) is 0 Å². The zero-order chi connectivity index (χ0) is 18.6. The van der Waals surface area contributed by atoms with E-state index in [9.17, 15) is 35.4 Å². The van der Waals surface area contributed by atoms with Crippen molar-refractivity contribution in [1.82, 2.24) is 0 Å². The zero-order valence-electron chi connectivity index (χ0n) is 12.2. The number of rotatable bonds is 6. The van der Waals surface area contributed by atoms with Gasteiger partial charge in [-0.25, -0.2) is 0 Å². The van der Waals surface area contributed by atoms with Gasteiger partial charge in [-0.2, -0.15) is 5.10 Å². The van der Waals surface area contributed by atoms with Crippen LogP contribution < -0.4 is 5.43 Å². The van der Waals surface area contributed by atoms with Crippen molar-refractivity contribution in [2.45, 2.75) is 0 Å². The molecule has 0 amide bonds. The number of hydrogen-bond donors (Lipinski definition) is 2. The molecule has 0 aromatic heterocycles. The normalized spacial score (nSPS) is 10.6. The smallest absolute Gasteiger partial charge is 0.311 e. The number of nitrogens with zero attached hydrogens (tertiary/aromatic N) is 4. The average molecular weight is 347 g/mol. The van der Waals surface area contributed by atoms with Crippen molar-refractivity contribution >= 4 is 29.0 Å². The van der Waals surface area contributed by atoms with Gasteiger partial charge in [0.05, 0.1) is 27.1 Å². The molecule has 0 unspecified atom stereocenters. The minimum Gasteiger partial charge on any atom is -0.502 e. The van der Waals surface area contributed by atoms with E-state index in [1.165, 1.54) is 12.1 Å². The van der Waals surface area contributed by atoms with Gasteiger partial charge >= 0.3 is 11.4 Å². The number of anilines is 1. The number of nitro groups is 3. The molecule has 0 aliphatic rings. The Labute approximate surface area is 138 Å². The van der Waals surface area contributed by atoms with Gasteiger partial charge in [-0.15, -0.1) is 0 Å². The molecule has 0 spiro atoms. The molecule has 25 heavy (non-hydrogen) atoms. The second-order valence-electron chi connectivity index (χ2n) is 4.56. The summed E-state index contributed by atoms with van der Waals surface area (Å²) >= 11 is 0. The second-order valence-corrected chi connectivity index (χ2v) is 4.56. The monoisotopic (exact) mass is 347 g/mol. The van der Waals surface area contributed by atoms with Gasteiger partial charge in [-0.05, 0) is 12.1 Å². The van der Waals surface area contributed by atoms with Crippen LogP contribution in [0.1, 0.15) is 5.56 Å². The third-order valence-corrected chi connectivity index (χ3v) is 3.02. The maximum Gasteiger partial charge on any atom is 0.311 e. The van der Waals surface area contributed by atoms with E-state index in [0.717, 1.165) is 30.5 Å². The van der Waals surface area contributed by atoms with Crippen molar-refractivity contribution in [1.29, 1.82) is 0 Å². The van der Waals surface area contributed by atoms with Crippen LogP contribution in [-0.2, 0) is 0 Å². The lowest BCUT2D eigenvalue weighted by Crippen LogP contribution is -1.99. The number of aromatic hydroxyl groups is 1. The first-order valence-electron chi connectivity index (χ1n) is 6.49. The lowest BCUT2D eigenvalue weighted by molar-refractivity contribution is -0.393. The van der Waals surface area contributed by atoms with E-state index in [2.05, 4.69) is 10.5 Å². The molecular formula is C13H9N5O7. The number of nitrogens with one attached hydrogen (secondary N) is 1. The summed E-state index contributed by atoms with van der Waals surface area (Å²) in [5, 5.41) is 45.8. The van der Waals surface area contributed by atoms with Crippen molar-refractivity contribution in [3.05, 3.63) is 72.3 Å². The maximum absolute atomic E-state index is 11.0. The van der Waals surface area contributed by atoms with Gasteiger partial charge in [0.15, 0.2) is 0 Å². The zero-order valence-corrected chi connectivity index (χ0v) is 12.2. The molecule has 0 bridgehead atoms. The van der Waals surface area contributed by atoms with Crippen LogP contribution in [0.15, 0.2) is 41.5 Å². The van der Waals surface area contributed by atoms with E-state index in [1.54, 1.807) is 0 Å². The van der Waals surface area contributed by atoms with Gasteiger partial charge in [-0.3, -0.25) is 35.8 Å². The average Bonchev–Trinajstić information content (AvgIpc) is 2.56. The standard InChI is InChI=1S/C13H9N5O7/c19-13-8(2-1-3-11(13)17(22)23)7-14-15-10-5-4-9(16(20)21)6-12(10)18(24)25/h1-7,15,19H/b14-7+. The van der Waals surface area contributed by atoms with Gasteiger partial charge in [0.25, 0.3) is 5.69 Å². The van der Waals surface area contributed by atoms with Gasteiger partial charge < -0.3 is 5.11 Å². The lowest BCUT2D eigenvalue weighted by atomic mass is 10.2. The molecule has 12 nitrogen and oxygen atoms in total. The first-order valence-corrected chi connectivity index (χ1v) is 6.49. The Balaban J connectivity index is 2.28. The Kier molecular flexibility index (Phi) is 4.83. The minimum absolute atomic E-state index is 0.00580. The molecule has 12 heteroatoms. The molecular weight excluding hydrogens is 338 g/mol. The topological polar surface area (TPSA) is 174 Å². The molecule has 2 aromatic rings. The Morgan fingerprint density at radius 1 is 0.960 bits per heavy atom. The molecule has 0 atom stereocenters. The molecule has 128 valence electrons. The summed E-state index contributed by atoms with van der Waals surface area (Å²) in [5.74, 6) is -0.615. The van der Waals surface area contributed by atoms with E-state index >= 15 is 0 Å². The summed E-state index contributed by atoms with van der Waals surface area (Å²) in [5.41, 5.74) is 0.629. The van der Waals surface area contributed by atoms with Crippen molar-refractivity contribution in [3.63, 3.8) is 0 Å². The highest BCUT2D eigenvalue weighted by Crippen LogP contribution is 2.30. The molecule has 0 heterocycles. The van der Waals surface area contributed by atoms with Crippen molar-refractivity contribution in [2.24, 2.45) is 5.10 Å². The predicted octanol–water partition coefficient (Wildman–Crippen LogP) is 2.56. The number of benzene rings is 2. The molecule has 0 saturated heterocycles. The van der Waals surface area contributed by atoms with Crippen LogP contribution in [0.4, 0.5) is 22.7 Å². The van der Waals surface area contributed by atoms with Crippen LogP contribution in [0.3, 0.4) is 0 Å². The fourth-order valence-corrected chi connectivity index (χ4v) is 1.85. The van der Waals surface area contributed by atoms with E-state index in [-0.39, 0.29) is 11.3 Å². The predicted molar refractivity (Wildman–Crippen MR) is 85.7 cm³/mol. The van der Waals surface area contributed by atoms with E-state index in [4.69, 9.17) is 0 Å². The Morgan fingerprint density at radius 2 is 1.64 bits per heavy atom. The Bertz CT molecular complexity index is 896. The summed E-state index contributed by atoms with van der Waals surface area (Å²) in [6.07, 6.45) is 1.02. The van der Waals surface area contributed by atoms with Gasteiger partial charge in [0, 0.05) is 17.7 Å². The fraction of sp³-hybridized carbons (Fsp3) is 0. The molecule has 0 radical (unpaired) electrons. The highest BCUT2D eigenvalue weighted by atomic mass is 16.6. The van der Waals surface area contributed by atoms with Crippen molar-refractivity contribution in [2.75, 3.05) is 5.43 Å². The quantitative estimate of drug-likeness (QED) is 0.455. The van der Waals surface area contributed by atoms with Crippen LogP contribution in [-0.4, -0.2) is 26.1 Å². The van der Waals surface area contributed by atoms with Crippen LogP contribution >= 0.6 is 0 Å².